The van der Waals surface area contributed by atoms with Gasteiger partial charge in [0.1, 0.15) is 5.82 Å². The second-order valence-corrected chi connectivity index (χ2v) is 5.68. The van der Waals surface area contributed by atoms with Gasteiger partial charge in [-0.25, -0.2) is 9.37 Å². The number of nitrogens with zero attached hydrogens (tertiary/aromatic N) is 1. The van der Waals surface area contributed by atoms with E-state index in [1.54, 1.807) is 0 Å². The van der Waals surface area contributed by atoms with Gasteiger partial charge in [-0.3, -0.25) is 4.79 Å². The molecule has 1 unspecified atom stereocenters. The van der Waals surface area contributed by atoms with Gasteiger partial charge in [-0.15, -0.1) is 11.3 Å². The maximum atomic E-state index is 12.9. The second kappa shape index (κ2) is 5.48. The molecule has 100 valence electrons. The van der Waals surface area contributed by atoms with Crippen LogP contribution in [0, 0.1) is 19.7 Å². The summed E-state index contributed by atoms with van der Waals surface area (Å²) in [6.45, 7) is 3.87. The minimum atomic E-state index is -0.919. The molecule has 1 heterocycles. The van der Waals surface area contributed by atoms with Crippen molar-refractivity contribution in [3.05, 3.63) is 51.2 Å². The van der Waals surface area contributed by atoms with E-state index < -0.39 is 11.9 Å². The number of carboxylic acid groups (broad SMARTS) is 1. The molecule has 0 aliphatic heterocycles. The Hall–Kier alpha value is -1.75. The highest BCUT2D eigenvalue weighted by Crippen LogP contribution is 2.25. The van der Waals surface area contributed by atoms with E-state index >= 15 is 0 Å². The van der Waals surface area contributed by atoms with Crippen molar-refractivity contribution in [3.63, 3.8) is 0 Å². The zero-order valence-corrected chi connectivity index (χ0v) is 11.5. The van der Waals surface area contributed by atoms with Gasteiger partial charge < -0.3 is 5.11 Å². The van der Waals surface area contributed by atoms with Gasteiger partial charge in [-0.1, -0.05) is 12.1 Å². The molecule has 3 nitrogen and oxygen atoms in total. The zero-order chi connectivity index (χ0) is 14.0. The van der Waals surface area contributed by atoms with Crippen LogP contribution < -0.4 is 0 Å². The van der Waals surface area contributed by atoms with Gasteiger partial charge in [0.15, 0.2) is 0 Å². The third-order valence-corrected chi connectivity index (χ3v) is 4.12. The van der Waals surface area contributed by atoms with Crippen molar-refractivity contribution in [1.29, 1.82) is 0 Å². The van der Waals surface area contributed by atoms with Gasteiger partial charge in [0, 0.05) is 11.3 Å². The summed E-state index contributed by atoms with van der Waals surface area (Å²) in [5.74, 6) is -1.98. The summed E-state index contributed by atoms with van der Waals surface area (Å²) in [7, 11) is 0. The Morgan fingerprint density at radius 1 is 1.37 bits per heavy atom. The highest BCUT2D eigenvalue weighted by Gasteiger charge is 2.22. The average molecular weight is 279 g/mol. The van der Waals surface area contributed by atoms with Crippen molar-refractivity contribution in [1.82, 2.24) is 4.98 Å². The first-order valence-corrected chi connectivity index (χ1v) is 6.70. The molecule has 0 saturated carbocycles. The molecule has 0 radical (unpaired) electrons. The molecule has 0 aliphatic rings. The maximum Gasteiger partial charge on any atom is 0.311 e. The number of thiazole rings is 1. The monoisotopic (exact) mass is 279 g/mol. The van der Waals surface area contributed by atoms with Gasteiger partial charge in [-0.05, 0) is 31.5 Å². The molecule has 1 aromatic heterocycles. The predicted molar refractivity (Wildman–Crippen MR) is 72.1 cm³/mol. The summed E-state index contributed by atoms with van der Waals surface area (Å²) < 4.78 is 12.9. The smallest absolute Gasteiger partial charge is 0.311 e. The Morgan fingerprint density at radius 2 is 2.00 bits per heavy atom. The van der Waals surface area contributed by atoms with Crippen LogP contribution in [-0.2, 0) is 11.2 Å². The van der Waals surface area contributed by atoms with E-state index in [4.69, 9.17) is 0 Å². The Balaban J connectivity index is 2.26. The van der Waals surface area contributed by atoms with E-state index in [-0.39, 0.29) is 5.82 Å². The highest BCUT2D eigenvalue weighted by atomic mass is 32.1. The van der Waals surface area contributed by atoms with Gasteiger partial charge in [0.05, 0.1) is 16.6 Å². The van der Waals surface area contributed by atoms with Crippen LogP contribution in [0.4, 0.5) is 4.39 Å². The van der Waals surface area contributed by atoms with Gasteiger partial charge in [0.2, 0.25) is 0 Å². The summed E-state index contributed by atoms with van der Waals surface area (Å²) in [5, 5.41) is 10.1. The summed E-state index contributed by atoms with van der Waals surface area (Å²) in [4.78, 5) is 16.8. The lowest BCUT2D eigenvalue weighted by molar-refractivity contribution is -0.138. The molecule has 1 aromatic carbocycles. The highest BCUT2D eigenvalue weighted by molar-refractivity contribution is 7.11. The minimum absolute atomic E-state index is 0.334. The number of halogens is 1. The molecule has 0 aliphatic carbocycles. The number of hydrogen-bond donors (Lipinski definition) is 1. The molecular weight excluding hydrogens is 265 g/mol. The minimum Gasteiger partial charge on any atom is -0.481 e. The normalized spacial score (nSPS) is 12.4. The van der Waals surface area contributed by atoms with Crippen LogP contribution >= 0.6 is 11.3 Å². The molecule has 2 rings (SSSR count). The van der Waals surface area contributed by atoms with Gasteiger partial charge in [-0.2, -0.15) is 0 Å². The Bertz CT molecular complexity index is 572. The molecule has 1 N–H and O–H groups in total. The van der Waals surface area contributed by atoms with E-state index in [2.05, 4.69) is 4.98 Å². The van der Waals surface area contributed by atoms with Crippen molar-refractivity contribution in [2.45, 2.75) is 26.2 Å². The summed E-state index contributed by atoms with van der Waals surface area (Å²) in [6.07, 6.45) is 0.334. The average Bonchev–Trinajstić information content (AvgIpc) is 2.67. The number of carbonyl (C=O) groups is 1. The fraction of sp³-hybridized carbons (Fsp3) is 0.286. The fourth-order valence-corrected chi connectivity index (χ4v) is 2.82. The summed E-state index contributed by atoms with van der Waals surface area (Å²) >= 11 is 1.51. The number of aliphatic carboxylic acids is 1. The van der Waals surface area contributed by atoms with E-state index in [9.17, 15) is 14.3 Å². The fourth-order valence-electron chi connectivity index (χ4n) is 1.84. The number of benzene rings is 1. The number of aromatic nitrogens is 1. The molecule has 2 aromatic rings. The SMILES string of the molecule is Cc1nc(CC(C(=O)O)c2ccc(F)cc2)sc1C. The van der Waals surface area contributed by atoms with Crippen LogP contribution in [0.5, 0.6) is 0 Å². The Labute approximate surface area is 114 Å². The lowest BCUT2D eigenvalue weighted by Crippen LogP contribution is -2.14. The molecular formula is C14H14FNO2S. The first kappa shape index (κ1) is 13.7. The third-order valence-electron chi connectivity index (χ3n) is 3.02. The quantitative estimate of drug-likeness (QED) is 0.934. The topological polar surface area (TPSA) is 50.2 Å². The van der Waals surface area contributed by atoms with Crippen LogP contribution in [-0.4, -0.2) is 16.1 Å². The zero-order valence-electron chi connectivity index (χ0n) is 10.7. The van der Waals surface area contributed by atoms with E-state index in [0.717, 1.165) is 15.6 Å². The largest absolute Gasteiger partial charge is 0.481 e. The molecule has 0 fully saturated rings. The van der Waals surface area contributed by atoms with Gasteiger partial charge >= 0.3 is 5.97 Å². The Kier molecular flexibility index (Phi) is 3.95. The van der Waals surface area contributed by atoms with Crippen molar-refractivity contribution in [2.75, 3.05) is 0 Å². The molecule has 19 heavy (non-hydrogen) atoms. The van der Waals surface area contributed by atoms with Crippen LogP contribution in [0.1, 0.15) is 27.1 Å². The number of rotatable bonds is 4. The predicted octanol–water partition coefficient (Wildman–Crippen LogP) is 3.31. The number of carboxylic acids is 1. The van der Waals surface area contributed by atoms with E-state index in [1.165, 1.54) is 35.6 Å². The first-order chi connectivity index (χ1) is 8.97. The number of hydrogen-bond acceptors (Lipinski definition) is 3. The summed E-state index contributed by atoms with van der Waals surface area (Å²) in [6, 6.07) is 5.59. The van der Waals surface area contributed by atoms with Crippen molar-refractivity contribution in [2.24, 2.45) is 0 Å². The summed E-state index contributed by atoms with van der Waals surface area (Å²) in [5.41, 5.74) is 1.53. The van der Waals surface area contributed by atoms with Crippen LogP contribution in [0.3, 0.4) is 0 Å². The van der Waals surface area contributed by atoms with Crippen molar-refractivity contribution < 1.29 is 14.3 Å². The molecule has 1 atom stereocenters. The van der Waals surface area contributed by atoms with Crippen LogP contribution in [0.15, 0.2) is 24.3 Å². The molecule has 0 saturated heterocycles. The van der Waals surface area contributed by atoms with E-state index in [1.807, 2.05) is 13.8 Å². The standard InChI is InChI=1S/C14H14FNO2S/c1-8-9(2)19-13(16-8)7-12(14(17)18)10-3-5-11(15)6-4-10/h3-6,12H,7H2,1-2H3,(H,17,18). The van der Waals surface area contributed by atoms with Crippen LogP contribution in [0.25, 0.3) is 0 Å². The lowest BCUT2D eigenvalue weighted by Gasteiger charge is -2.10. The third kappa shape index (κ3) is 3.17. The Morgan fingerprint density at radius 3 is 2.47 bits per heavy atom. The molecule has 0 spiro atoms. The lowest BCUT2D eigenvalue weighted by atomic mass is 9.96. The molecule has 0 bridgehead atoms. The number of aryl methyl sites for hydroxylation is 2. The maximum absolute atomic E-state index is 12.9. The molecule has 5 heteroatoms. The van der Waals surface area contributed by atoms with Crippen LogP contribution in [0.2, 0.25) is 0 Å². The first-order valence-electron chi connectivity index (χ1n) is 5.88. The van der Waals surface area contributed by atoms with Crippen molar-refractivity contribution in [3.8, 4) is 0 Å². The van der Waals surface area contributed by atoms with E-state index in [0.29, 0.717) is 12.0 Å². The van der Waals surface area contributed by atoms with Crippen molar-refractivity contribution >= 4 is 17.3 Å². The van der Waals surface area contributed by atoms with Gasteiger partial charge in [0.25, 0.3) is 0 Å². The second-order valence-electron chi connectivity index (χ2n) is 4.40. The molecule has 0 amide bonds.